The Morgan fingerprint density at radius 1 is 0.355 bits per heavy atom. The van der Waals surface area contributed by atoms with Crippen LogP contribution in [0.25, 0.3) is 62.0 Å². The van der Waals surface area contributed by atoms with Gasteiger partial charge in [-0.1, -0.05) is 78.9 Å². The summed E-state index contributed by atoms with van der Waals surface area (Å²) in [6, 6.07) is 44.5. The summed E-state index contributed by atoms with van der Waals surface area (Å²) in [4.78, 5) is 69.5. The number of rotatable bonds is 12. The number of amides is 5. The fourth-order valence-electron chi connectivity index (χ4n) is 13.1. The molecule has 2 N–H and O–H groups in total. The maximum absolute atomic E-state index is 13.2. The zero-order valence-electron chi connectivity index (χ0n) is 65.3. The molecule has 5 aromatic heterocycles. The molecule has 8 heterocycles. The number of nitrogens with zero attached hydrogens (tertiary/aromatic N) is 13. The van der Waals surface area contributed by atoms with Crippen LogP contribution >= 0.6 is 0 Å². The number of H-pyrrole nitrogens is 2. The van der Waals surface area contributed by atoms with E-state index in [2.05, 4.69) is 25.5 Å². The lowest BCUT2D eigenvalue weighted by Crippen LogP contribution is -2.35. The molecule has 11 aromatic rings. The summed E-state index contributed by atoms with van der Waals surface area (Å²) in [7, 11) is 7.44. The summed E-state index contributed by atoms with van der Waals surface area (Å²) >= 11 is 0. The van der Waals surface area contributed by atoms with E-state index in [4.69, 9.17) is 0 Å². The van der Waals surface area contributed by atoms with Crippen LogP contribution in [0.5, 0.6) is 0 Å². The predicted octanol–water partition coefficient (Wildman–Crippen LogP) is 19.3. The van der Waals surface area contributed by atoms with Gasteiger partial charge in [0.15, 0.2) is 11.4 Å². The van der Waals surface area contributed by atoms with E-state index in [1.807, 2.05) is 15.1 Å². The SMILES string of the molecule is CN(C)C(=O)c1cccc(-c2cc(C(F)(F)F)nn2-c2ccccc2)c1.CN(C)C(=O)c1cccc(-c2cc(C(F)(F)F)nn2CC(F)(F)F)c1.Cn1nc(-c2cccc(C(=O)N3CCCCC3)c2)cc1C(F)(F)F.O=C(c1ccc(-c2cc(C(F)(F)F)[nH]n2)cc1)N1CCCCC1.O=C(c1cccc(-c2cc(C(F)(F)F)[nH]n2)c1)N1CCCCC1. The first-order chi connectivity index (χ1) is 56.9. The van der Waals surface area contributed by atoms with Crippen LogP contribution < -0.4 is 0 Å². The highest BCUT2D eigenvalue weighted by molar-refractivity contribution is 5.98. The van der Waals surface area contributed by atoms with Gasteiger partial charge in [-0.15, -0.1) is 0 Å². The molecule has 642 valence electrons. The van der Waals surface area contributed by atoms with Gasteiger partial charge in [-0.25, -0.2) is 4.68 Å². The molecule has 0 unspecified atom stereocenters. The summed E-state index contributed by atoms with van der Waals surface area (Å²) in [6.07, 6.45) is -18.2. The minimum absolute atomic E-state index is 0.0277. The highest BCUT2D eigenvalue weighted by atomic mass is 19.4. The number of aromatic nitrogens is 10. The second-order valence-corrected chi connectivity index (χ2v) is 28.6. The normalized spacial score (nSPS) is 14.1. The first kappa shape index (κ1) is 90.8. The number of aryl methyl sites for hydroxylation is 1. The van der Waals surface area contributed by atoms with E-state index < -0.39 is 78.0 Å². The number of para-hydroxylation sites is 1. The Hall–Kier alpha value is -12.5. The number of hydrogen-bond donors (Lipinski definition) is 2. The van der Waals surface area contributed by atoms with Crippen molar-refractivity contribution in [2.24, 2.45) is 7.05 Å². The molecular weight excluding hydrogens is 1630 g/mol. The summed E-state index contributed by atoms with van der Waals surface area (Å²) < 4.78 is 233. The molecule has 0 saturated carbocycles. The summed E-state index contributed by atoms with van der Waals surface area (Å²) in [6.45, 7) is 2.75. The average molecular weight is 1710 g/mol. The summed E-state index contributed by atoms with van der Waals surface area (Å²) in [5, 5.41) is 22.0. The summed E-state index contributed by atoms with van der Waals surface area (Å²) in [5.74, 6) is -0.857. The third-order valence-electron chi connectivity index (χ3n) is 19.1. The minimum atomic E-state index is -4.89. The van der Waals surface area contributed by atoms with Crippen LogP contribution in [0, 0.1) is 0 Å². The van der Waals surface area contributed by atoms with Crippen molar-refractivity contribution in [3.63, 3.8) is 0 Å². The molecular formula is C83H79F18N15O5. The van der Waals surface area contributed by atoms with E-state index in [0.717, 1.165) is 126 Å². The minimum Gasteiger partial charge on any atom is -0.345 e. The van der Waals surface area contributed by atoms with Crippen molar-refractivity contribution in [1.82, 2.24) is 74.2 Å². The Morgan fingerprint density at radius 2 is 0.736 bits per heavy atom. The number of nitrogens with one attached hydrogen (secondary N) is 2. The fraction of sp³-hybridized carbons (Fsp3) is 0.325. The van der Waals surface area contributed by atoms with Gasteiger partial charge < -0.3 is 24.5 Å². The van der Waals surface area contributed by atoms with Gasteiger partial charge in [0.2, 0.25) is 0 Å². The largest absolute Gasteiger partial charge is 0.435 e. The fourth-order valence-corrected chi connectivity index (χ4v) is 13.1. The molecule has 0 aliphatic carbocycles. The van der Waals surface area contributed by atoms with Gasteiger partial charge >= 0.3 is 37.1 Å². The van der Waals surface area contributed by atoms with Crippen LogP contribution in [0.15, 0.2) is 182 Å². The number of aromatic amines is 2. The standard InChI is InChI=1S/C19H16F3N3O.C17H18F3N3O.2C16H16F3N3O.C15H13F6N3O/c1-24(2)18(26)14-8-6-7-13(11-14)16-12-17(19(20,21)22)23-25(16)15-9-4-3-5-10-15;1-22-15(17(18,19)20)11-14(21-22)12-6-5-7-13(10-12)16(24)23-8-3-2-4-9-23;17-16(18,19)14-10-13(20-21-14)11-4-6-12(7-5-11)15(23)22-8-2-1-3-9-22;17-16(18,19)14-10-13(20-21-14)11-5-4-6-12(9-11)15(23)22-7-2-1-3-8-22;1-23(2)13(25)10-5-3-4-9(6-10)11-7-12(15(19,20)21)22-24(11)8-14(16,17)18/h3-12H,1-2H3;5-7,10-11H,2-4,8-9H2,1H3;4-7,10H,1-3,8-9H2,(H,20,21);4-6,9-10H,1-3,7-8H2,(H,20,21);3-7H,8H2,1-2H3. The lowest BCUT2D eigenvalue weighted by molar-refractivity contribution is -0.148. The maximum atomic E-state index is 13.2. The molecule has 3 aliphatic rings. The van der Waals surface area contributed by atoms with Crippen molar-refractivity contribution in [2.75, 3.05) is 67.5 Å². The number of carbonyl (C=O) groups excluding carboxylic acids is 5. The van der Waals surface area contributed by atoms with Crippen LogP contribution in [0.2, 0.25) is 0 Å². The van der Waals surface area contributed by atoms with Gasteiger partial charge in [0, 0.05) is 130 Å². The Labute approximate surface area is 680 Å². The van der Waals surface area contributed by atoms with E-state index >= 15 is 0 Å². The monoisotopic (exact) mass is 1710 g/mol. The predicted molar refractivity (Wildman–Crippen MR) is 410 cm³/mol. The van der Waals surface area contributed by atoms with Crippen molar-refractivity contribution in [3.05, 3.63) is 238 Å². The Morgan fingerprint density at radius 3 is 1.13 bits per heavy atom. The van der Waals surface area contributed by atoms with Gasteiger partial charge in [0.25, 0.3) is 29.5 Å². The summed E-state index contributed by atoms with van der Waals surface area (Å²) in [5.41, 5.74) is -0.00635. The van der Waals surface area contributed by atoms with Gasteiger partial charge in [-0.3, -0.25) is 43.5 Å². The Bertz CT molecular complexity index is 5370. The lowest BCUT2D eigenvalue weighted by Gasteiger charge is -2.26. The molecule has 0 radical (unpaired) electrons. The topological polar surface area (TPSA) is 212 Å². The maximum Gasteiger partial charge on any atom is 0.435 e. The number of halogens is 18. The molecule has 0 bridgehead atoms. The molecule has 20 nitrogen and oxygen atoms in total. The number of benzene rings is 6. The van der Waals surface area contributed by atoms with Crippen LogP contribution in [0.3, 0.4) is 0 Å². The number of alkyl halides is 18. The highest BCUT2D eigenvalue weighted by Gasteiger charge is 2.40. The van der Waals surface area contributed by atoms with Crippen molar-refractivity contribution < 1.29 is 103 Å². The first-order valence-corrected chi connectivity index (χ1v) is 37.6. The molecule has 3 saturated heterocycles. The molecule has 121 heavy (non-hydrogen) atoms. The third-order valence-corrected chi connectivity index (χ3v) is 19.1. The van der Waals surface area contributed by atoms with Crippen LogP contribution in [-0.2, 0) is 44.5 Å². The molecule has 6 aromatic carbocycles. The van der Waals surface area contributed by atoms with E-state index in [0.29, 0.717) is 56.3 Å². The van der Waals surface area contributed by atoms with E-state index in [1.54, 1.807) is 151 Å². The number of likely N-dealkylation sites (tertiary alicyclic amines) is 3. The van der Waals surface area contributed by atoms with E-state index in [1.165, 1.54) is 59.9 Å². The molecule has 0 spiro atoms. The molecule has 5 amide bonds. The van der Waals surface area contributed by atoms with E-state index in [-0.39, 0.29) is 67.9 Å². The number of carbonyl (C=O) groups is 5. The van der Waals surface area contributed by atoms with Crippen molar-refractivity contribution in [3.8, 4) is 62.0 Å². The van der Waals surface area contributed by atoms with Gasteiger partial charge in [-0.2, -0.15) is 105 Å². The number of hydrogen-bond acceptors (Lipinski definition) is 10. The molecule has 0 atom stereocenters. The van der Waals surface area contributed by atoms with Crippen molar-refractivity contribution >= 4 is 29.5 Å². The lowest BCUT2D eigenvalue weighted by atomic mass is 10.1. The van der Waals surface area contributed by atoms with Crippen molar-refractivity contribution in [1.29, 1.82) is 0 Å². The molecule has 3 aliphatic heterocycles. The van der Waals surface area contributed by atoms with Crippen molar-refractivity contribution in [2.45, 2.75) is 101 Å². The highest BCUT2D eigenvalue weighted by Crippen LogP contribution is 2.39. The first-order valence-electron chi connectivity index (χ1n) is 37.6. The van der Waals surface area contributed by atoms with Gasteiger partial charge in [-0.05, 0) is 161 Å². The van der Waals surface area contributed by atoms with Gasteiger partial charge in [0.1, 0.15) is 23.6 Å². The van der Waals surface area contributed by atoms with Crippen LogP contribution in [0.4, 0.5) is 79.0 Å². The zero-order valence-corrected chi connectivity index (χ0v) is 65.3. The molecule has 38 heteroatoms. The van der Waals surface area contributed by atoms with Crippen LogP contribution in [-0.4, -0.2) is 177 Å². The second-order valence-electron chi connectivity index (χ2n) is 28.6. The Kier molecular flexibility index (Phi) is 28.7. The second kappa shape index (κ2) is 38.2. The average Bonchev–Trinajstić information content (AvgIpc) is 1.63. The number of piperidine rings is 3. The Balaban J connectivity index is 0.000000159. The smallest absolute Gasteiger partial charge is 0.345 e. The third kappa shape index (κ3) is 24.2. The molecule has 14 rings (SSSR count). The zero-order chi connectivity index (χ0) is 88.1. The quantitative estimate of drug-likeness (QED) is 0.110. The van der Waals surface area contributed by atoms with Gasteiger partial charge in [0.05, 0.1) is 34.2 Å². The molecule has 3 fully saturated rings. The van der Waals surface area contributed by atoms with Crippen LogP contribution in [0.1, 0.15) is 138 Å². The van der Waals surface area contributed by atoms with E-state index in [9.17, 15) is 103 Å².